The second-order valence-electron chi connectivity index (χ2n) is 6.32. The fraction of sp³-hybridized carbons (Fsp3) is 0.130. The van der Waals surface area contributed by atoms with Gasteiger partial charge in [-0.25, -0.2) is 0 Å². The summed E-state index contributed by atoms with van der Waals surface area (Å²) in [6, 6.07) is 21.8. The minimum atomic E-state index is -0.178. The van der Waals surface area contributed by atoms with Gasteiger partial charge >= 0.3 is 153 Å². The second-order valence-corrected chi connectivity index (χ2v) is 8.65. The Morgan fingerprint density at radius 1 is 0.875 bits per heavy atom. The van der Waals surface area contributed by atoms with Gasteiger partial charge in [-0.1, -0.05) is 0 Å². The largest absolute Gasteiger partial charge is 1.00 e. The number of benzene rings is 2. The molecule has 0 spiro atoms. The van der Waals surface area contributed by atoms with Crippen molar-refractivity contribution >= 4 is 11.1 Å². The first kappa shape index (κ1) is 15.6. The molecule has 0 fully saturated rings. The molecule has 118 valence electrons. The van der Waals surface area contributed by atoms with Crippen LogP contribution in [0.3, 0.4) is 0 Å². The Balaban J connectivity index is 0.00000121. The Hall–Kier alpha value is -1.89. The molecule has 0 saturated carbocycles. The Kier molecular flexibility index (Phi) is 4.51. The molecule has 0 radical (unpaired) electrons. The van der Waals surface area contributed by atoms with E-state index in [2.05, 4.69) is 85.8 Å². The zero-order chi connectivity index (χ0) is 16.4. The molecule has 4 rings (SSSR count). The molecule has 0 unspecified atom stereocenters. The molecule has 0 saturated heterocycles. The van der Waals surface area contributed by atoms with E-state index in [1.165, 1.54) is 27.8 Å². The van der Waals surface area contributed by atoms with Crippen LogP contribution in [0.2, 0.25) is 0 Å². The van der Waals surface area contributed by atoms with E-state index in [0.29, 0.717) is 0 Å². The van der Waals surface area contributed by atoms with Gasteiger partial charge in [-0.05, 0) is 0 Å². The molecular formula is C23H22Ti. The molecular weight excluding hydrogens is 324 g/mol. The van der Waals surface area contributed by atoms with Crippen LogP contribution in [0, 0.1) is 0 Å². The van der Waals surface area contributed by atoms with Gasteiger partial charge in [0.25, 0.3) is 0 Å². The van der Waals surface area contributed by atoms with Gasteiger partial charge in [-0.2, -0.15) is 0 Å². The molecule has 24 heavy (non-hydrogen) atoms. The summed E-state index contributed by atoms with van der Waals surface area (Å²) in [4.78, 5) is 0. The van der Waals surface area contributed by atoms with Crippen molar-refractivity contribution < 1.29 is 22.0 Å². The summed E-state index contributed by atoms with van der Waals surface area (Å²) in [6.45, 7) is 2.33. The Morgan fingerprint density at radius 2 is 1.54 bits per heavy atom. The predicted octanol–water partition coefficient (Wildman–Crippen LogP) is 6.43. The Morgan fingerprint density at radius 3 is 2.17 bits per heavy atom. The molecule has 0 atom stereocenters. The molecule has 2 aliphatic carbocycles. The average Bonchev–Trinajstić information content (AvgIpc) is 3.25. The summed E-state index contributed by atoms with van der Waals surface area (Å²) in [5, 5.41) is 0. The van der Waals surface area contributed by atoms with Crippen molar-refractivity contribution in [3.8, 4) is 0 Å². The number of rotatable bonds is 4. The molecule has 1 heteroatoms. The first-order chi connectivity index (χ1) is 11.8. The SMILES string of the molecule is CC1=[C]([Ti+2][C]2=CC=CC2)CC(c2ccccc2)=C1c1ccccc1.[H-].[H-]. The van der Waals surface area contributed by atoms with Crippen LogP contribution in [0.25, 0.3) is 11.1 Å². The molecule has 0 amide bonds. The van der Waals surface area contributed by atoms with Crippen molar-refractivity contribution in [1.82, 2.24) is 0 Å². The van der Waals surface area contributed by atoms with Crippen LogP contribution in [0.4, 0.5) is 0 Å². The van der Waals surface area contributed by atoms with E-state index >= 15 is 0 Å². The van der Waals surface area contributed by atoms with Crippen molar-refractivity contribution in [2.75, 3.05) is 0 Å². The molecule has 0 bridgehead atoms. The van der Waals surface area contributed by atoms with Crippen molar-refractivity contribution in [3.63, 3.8) is 0 Å². The maximum absolute atomic E-state index is 2.34. The third kappa shape index (κ3) is 3.05. The number of hydrogen-bond donors (Lipinski definition) is 0. The molecule has 2 aromatic rings. The van der Waals surface area contributed by atoms with E-state index in [1.54, 1.807) is 7.76 Å². The van der Waals surface area contributed by atoms with Gasteiger partial charge in [-0.3, -0.25) is 0 Å². The Bertz CT molecular complexity index is 875. The van der Waals surface area contributed by atoms with E-state index in [4.69, 9.17) is 0 Å². The first-order valence-electron chi connectivity index (χ1n) is 8.50. The molecule has 2 aromatic carbocycles. The molecule has 0 aromatic heterocycles. The first-order valence-corrected chi connectivity index (χ1v) is 10.1. The van der Waals surface area contributed by atoms with Crippen molar-refractivity contribution in [2.24, 2.45) is 0 Å². The normalized spacial score (nSPS) is 16.6. The minimum Gasteiger partial charge on any atom is -1.00 e. The topological polar surface area (TPSA) is 0 Å². The summed E-state index contributed by atoms with van der Waals surface area (Å²) >= 11 is -0.178. The van der Waals surface area contributed by atoms with Crippen LogP contribution in [-0.2, 0) is 19.2 Å². The van der Waals surface area contributed by atoms with Gasteiger partial charge in [-0.15, -0.1) is 0 Å². The maximum atomic E-state index is 2.34. The molecule has 0 nitrogen and oxygen atoms in total. The minimum absolute atomic E-state index is 0. The van der Waals surface area contributed by atoms with E-state index in [9.17, 15) is 0 Å². The summed E-state index contributed by atoms with van der Waals surface area (Å²) in [7, 11) is 0. The maximum Gasteiger partial charge on any atom is -1.00 e. The summed E-state index contributed by atoms with van der Waals surface area (Å²) in [5.41, 5.74) is 7.22. The third-order valence-electron chi connectivity index (χ3n) is 4.75. The summed E-state index contributed by atoms with van der Waals surface area (Å²) in [6.07, 6.45) is 9.12. The van der Waals surface area contributed by atoms with Crippen LogP contribution in [0.15, 0.2) is 92.2 Å². The molecule has 0 heterocycles. The Labute approximate surface area is 156 Å². The van der Waals surface area contributed by atoms with Crippen LogP contribution in [0.5, 0.6) is 0 Å². The fourth-order valence-corrected chi connectivity index (χ4v) is 5.66. The van der Waals surface area contributed by atoms with Gasteiger partial charge in [0.05, 0.1) is 0 Å². The fourth-order valence-electron chi connectivity index (χ4n) is 3.53. The molecule has 2 aliphatic rings. The van der Waals surface area contributed by atoms with E-state index in [1.807, 2.05) is 0 Å². The van der Waals surface area contributed by atoms with E-state index in [-0.39, 0.29) is 22.0 Å². The zero-order valence-corrected chi connectivity index (χ0v) is 15.5. The third-order valence-corrected chi connectivity index (χ3v) is 7.16. The van der Waals surface area contributed by atoms with Crippen LogP contribution < -0.4 is 0 Å². The standard InChI is InChI=1S/C18H15.C5H5.Ti.2H/c1-14-12-13-17(15-8-4-2-5-9-15)18(14)16-10-6-3-7-11-16;1-2-4-5-3-1;;;/h2-11H,13H2,1H3;1-3H,4H2;;;/q;;+2;2*-1. The molecule has 0 N–H and O–H groups in total. The monoisotopic (exact) mass is 346 g/mol. The second kappa shape index (κ2) is 6.93. The van der Waals surface area contributed by atoms with Crippen molar-refractivity contribution in [2.45, 2.75) is 19.8 Å². The number of hydrogen-bond acceptors (Lipinski definition) is 0. The summed E-state index contributed by atoms with van der Waals surface area (Å²) in [5.74, 6) is 0. The van der Waals surface area contributed by atoms with E-state index < -0.39 is 0 Å². The van der Waals surface area contributed by atoms with Crippen molar-refractivity contribution in [1.29, 1.82) is 0 Å². The molecule has 0 aliphatic heterocycles. The van der Waals surface area contributed by atoms with Gasteiger partial charge in [0.2, 0.25) is 0 Å². The zero-order valence-electron chi connectivity index (χ0n) is 15.9. The predicted molar refractivity (Wildman–Crippen MR) is 101 cm³/mol. The van der Waals surface area contributed by atoms with Crippen LogP contribution in [0.1, 0.15) is 33.7 Å². The van der Waals surface area contributed by atoms with E-state index in [0.717, 1.165) is 12.8 Å². The van der Waals surface area contributed by atoms with Gasteiger partial charge < -0.3 is 2.85 Å². The average molecular weight is 346 g/mol. The van der Waals surface area contributed by atoms with Gasteiger partial charge in [0.15, 0.2) is 0 Å². The quantitative estimate of drug-likeness (QED) is 0.560. The van der Waals surface area contributed by atoms with Gasteiger partial charge in [0, 0.05) is 0 Å². The van der Waals surface area contributed by atoms with Gasteiger partial charge in [0.1, 0.15) is 0 Å². The van der Waals surface area contributed by atoms with Crippen LogP contribution >= 0.6 is 0 Å². The van der Waals surface area contributed by atoms with Crippen LogP contribution in [-0.4, -0.2) is 0 Å². The summed E-state index contributed by atoms with van der Waals surface area (Å²) < 4.78 is 3.36. The number of allylic oxidation sites excluding steroid dienone is 8. The smallest absolute Gasteiger partial charge is 1.00 e. The van der Waals surface area contributed by atoms with Crippen molar-refractivity contribution in [3.05, 3.63) is 103 Å².